The number of carbonyl (C=O) groups excluding carboxylic acids is 2. The summed E-state index contributed by atoms with van der Waals surface area (Å²) in [4.78, 5) is 25.5. The molecule has 3 aromatic rings. The van der Waals surface area contributed by atoms with E-state index >= 15 is 0 Å². The van der Waals surface area contributed by atoms with Crippen LogP contribution in [0.25, 0.3) is 0 Å². The number of unbranched alkanes of at least 4 members (excludes halogenated alkanes) is 2. The lowest BCUT2D eigenvalue weighted by atomic mass is 10.2. The molecule has 0 aliphatic carbocycles. The Morgan fingerprint density at radius 3 is 1.73 bits per heavy atom. The fourth-order valence-corrected chi connectivity index (χ4v) is 3.23. The van der Waals surface area contributed by atoms with Gasteiger partial charge in [-0.25, -0.2) is 9.59 Å². The summed E-state index contributed by atoms with van der Waals surface area (Å²) in [6.45, 7) is 2.79. The first-order valence-corrected chi connectivity index (χ1v) is 11.3. The van der Waals surface area contributed by atoms with Crippen molar-refractivity contribution in [2.75, 3.05) is 6.61 Å². The van der Waals surface area contributed by atoms with E-state index in [-0.39, 0.29) is 0 Å². The van der Waals surface area contributed by atoms with Crippen LogP contribution in [0, 0.1) is 10.7 Å². The number of hydrogen-bond acceptors (Lipinski definition) is 7. The molecule has 168 valence electrons. The van der Waals surface area contributed by atoms with Crippen LogP contribution in [0.2, 0.25) is 0 Å². The average Bonchev–Trinajstić information content (AvgIpc) is 2.84. The summed E-state index contributed by atoms with van der Waals surface area (Å²) in [6.07, 6.45) is 3.25. The summed E-state index contributed by atoms with van der Waals surface area (Å²) in [6, 6.07) is 19.6. The van der Waals surface area contributed by atoms with Gasteiger partial charge in [-0.05, 0) is 91.0 Å². The van der Waals surface area contributed by atoms with Crippen molar-refractivity contribution >= 4 is 23.7 Å². The van der Waals surface area contributed by atoms with Crippen molar-refractivity contribution in [3.63, 3.8) is 0 Å². The second kappa shape index (κ2) is 12.3. The van der Waals surface area contributed by atoms with Crippen LogP contribution in [-0.4, -0.2) is 18.5 Å². The smallest absolute Gasteiger partial charge is 0.343 e. The van der Waals surface area contributed by atoms with Gasteiger partial charge in [0.2, 0.25) is 0 Å². The van der Waals surface area contributed by atoms with Crippen LogP contribution in [0.3, 0.4) is 0 Å². The fourth-order valence-electron chi connectivity index (χ4n) is 2.85. The van der Waals surface area contributed by atoms with Gasteiger partial charge in [-0.2, -0.15) is 5.26 Å². The number of rotatable bonds is 10. The van der Waals surface area contributed by atoms with Crippen molar-refractivity contribution in [1.29, 1.82) is 5.26 Å². The van der Waals surface area contributed by atoms with Crippen molar-refractivity contribution in [1.82, 2.24) is 0 Å². The highest BCUT2D eigenvalue weighted by Gasteiger charge is 2.12. The highest BCUT2D eigenvalue weighted by atomic mass is 32.2. The van der Waals surface area contributed by atoms with Gasteiger partial charge < -0.3 is 14.2 Å². The van der Waals surface area contributed by atoms with Crippen molar-refractivity contribution in [3.05, 3.63) is 83.9 Å². The van der Waals surface area contributed by atoms with E-state index in [1.54, 1.807) is 48.5 Å². The van der Waals surface area contributed by atoms with Crippen LogP contribution >= 0.6 is 11.8 Å². The number of nitrogens with zero attached hydrogens (tertiary/aromatic N) is 1. The Balaban J connectivity index is 1.52. The quantitative estimate of drug-likeness (QED) is 0.116. The summed E-state index contributed by atoms with van der Waals surface area (Å²) in [7, 11) is 0. The largest absolute Gasteiger partial charge is 0.494 e. The SMILES string of the molecule is CCCCCOc1ccc(C(=O)Oc2ccc(C(=O)Oc3ccc(SC#N)cc3)cc2)cc1. The minimum atomic E-state index is -0.539. The van der Waals surface area contributed by atoms with Gasteiger partial charge in [0.15, 0.2) is 0 Å². The lowest BCUT2D eigenvalue weighted by Gasteiger charge is -2.08. The topological polar surface area (TPSA) is 85.6 Å². The minimum absolute atomic E-state index is 0.314. The first-order chi connectivity index (χ1) is 16.1. The third-order valence-electron chi connectivity index (χ3n) is 4.60. The Hall–Kier alpha value is -3.76. The average molecular weight is 462 g/mol. The molecule has 0 fully saturated rings. The van der Waals surface area contributed by atoms with Gasteiger partial charge in [-0.15, -0.1) is 0 Å². The molecule has 33 heavy (non-hydrogen) atoms. The number of hydrogen-bond donors (Lipinski definition) is 0. The Labute approximate surface area is 197 Å². The lowest BCUT2D eigenvalue weighted by Crippen LogP contribution is -2.10. The van der Waals surface area contributed by atoms with Gasteiger partial charge in [0.25, 0.3) is 0 Å². The molecule has 0 aromatic heterocycles. The fraction of sp³-hybridized carbons (Fsp3) is 0.192. The maximum Gasteiger partial charge on any atom is 0.343 e. The predicted octanol–water partition coefficient (Wildman–Crippen LogP) is 6.27. The number of carbonyl (C=O) groups is 2. The number of nitriles is 1. The molecule has 0 heterocycles. The Kier molecular flexibility index (Phi) is 8.92. The van der Waals surface area contributed by atoms with Crippen LogP contribution in [0.4, 0.5) is 0 Å². The molecule has 3 rings (SSSR count). The van der Waals surface area contributed by atoms with E-state index in [0.29, 0.717) is 35.0 Å². The van der Waals surface area contributed by atoms with Gasteiger partial charge in [0.05, 0.1) is 17.7 Å². The zero-order chi connectivity index (χ0) is 23.5. The highest BCUT2D eigenvalue weighted by molar-refractivity contribution is 8.03. The molecule has 0 aliphatic heterocycles. The lowest BCUT2D eigenvalue weighted by molar-refractivity contribution is 0.0730. The van der Waals surface area contributed by atoms with Crippen LogP contribution < -0.4 is 14.2 Å². The van der Waals surface area contributed by atoms with E-state index in [1.807, 2.05) is 5.40 Å². The summed E-state index contributed by atoms with van der Waals surface area (Å²) >= 11 is 1.03. The Morgan fingerprint density at radius 1 is 0.758 bits per heavy atom. The summed E-state index contributed by atoms with van der Waals surface area (Å²) < 4.78 is 16.4. The molecule has 0 atom stereocenters. The number of thiocyanates is 1. The zero-order valence-electron chi connectivity index (χ0n) is 18.2. The number of ether oxygens (including phenoxy) is 3. The first kappa shape index (κ1) is 23.9. The second-order valence-electron chi connectivity index (χ2n) is 7.05. The molecule has 0 radical (unpaired) electrons. The normalized spacial score (nSPS) is 10.2. The van der Waals surface area contributed by atoms with Crippen molar-refractivity contribution in [3.8, 4) is 22.6 Å². The third kappa shape index (κ3) is 7.41. The monoisotopic (exact) mass is 461 g/mol. The standard InChI is InChI=1S/C26H23NO5S/c1-2-3-4-17-30-21-9-5-19(6-10-21)25(28)31-22-11-7-20(8-12-22)26(29)32-23-13-15-24(16-14-23)33-18-27/h5-16H,2-4,17H2,1H3. The van der Waals surface area contributed by atoms with Crippen molar-refractivity contribution in [2.45, 2.75) is 31.1 Å². The molecule has 3 aromatic carbocycles. The van der Waals surface area contributed by atoms with E-state index in [2.05, 4.69) is 6.92 Å². The molecule has 0 bridgehead atoms. The van der Waals surface area contributed by atoms with Gasteiger partial charge in [-0.1, -0.05) is 19.8 Å². The molecule has 0 saturated heterocycles. The predicted molar refractivity (Wildman–Crippen MR) is 126 cm³/mol. The van der Waals surface area contributed by atoms with Crippen LogP contribution in [-0.2, 0) is 0 Å². The summed E-state index contributed by atoms with van der Waals surface area (Å²) in [5.41, 5.74) is 0.715. The summed E-state index contributed by atoms with van der Waals surface area (Å²) in [5, 5.41) is 10.7. The van der Waals surface area contributed by atoms with E-state index in [1.165, 1.54) is 24.3 Å². The maximum atomic E-state index is 12.4. The van der Waals surface area contributed by atoms with Crippen molar-refractivity contribution < 1.29 is 23.8 Å². The van der Waals surface area contributed by atoms with Gasteiger partial charge >= 0.3 is 11.9 Å². The highest BCUT2D eigenvalue weighted by Crippen LogP contribution is 2.22. The molecule has 0 N–H and O–H groups in total. The molecule has 0 saturated carbocycles. The molecule has 0 amide bonds. The van der Waals surface area contributed by atoms with Gasteiger partial charge in [0.1, 0.15) is 22.6 Å². The molecule has 7 heteroatoms. The molecular formula is C26H23NO5S. The maximum absolute atomic E-state index is 12.4. The van der Waals surface area contributed by atoms with Gasteiger partial charge in [0, 0.05) is 4.90 Å². The molecular weight excluding hydrogens is 438 g/mol. The minimum Gasteiger partial charge on any atom is -0.494 e. The first-order valence-electron chi connectivity index (χ1n) is 10.5. The molecule has 0 spiro atoms. The number of thioether (sulfide) groups is 1. The van der Waals surface area contributed by atoms with E-state index in [9.17, 15) is 9.59 Å². The van der Waals surface area contributed by atoms with Crippen molar-refractivity contribution in [2.24, 2.45) is 0 Å². The van der Waals surface area contributed by atoms with Crippen LogP contribution in [0.5, 0.6) is 17.2 Å². The summed E-state index contributed by atoms with van der Waals surface area (Å²) in [5.74, 6) is 0.357. The zero-order valence-corrected chi connectivity index (χ0v) is 19.0. The number of esters is 2. The Bertz CT molecular complexity index is 1100. The molecule has 0 aliphatic rings. The van der Waals surface area contributed by atoms with E-state index in [0.717, 1.165) is 35.9 Å². The second-order valence-corrected chi connectivity index (χ2v) is 7.91. The molecule has 6 nitrogen and oxygen atoms in total. The Morgan fingerprint density at radius 2 is 1.24 bits per heavy atom. The van der Waals surface area contributed by atoms with Crippen LogP contribution in [0.15, 0.2) is 77.7 Å². The van der Waals surface area contributed by atoms with Crippen LogP contribution in [0.1, 0.15) is 46.9 Å². The van der Waals surface area contributed by atoms with E-state index in [4.69, 9.17) is 19.5 Å². The van der Waals surface area contributed by atoms with E-state index < -0.39 is 11.9 Å². The third-order valence-corrected chi connectivity index (χ3v) is 5.20. The molecule has 0 unspecified atom stereocenters. The number of benzene rings is 3. The van der Waals surface area contributed by atoms with Gasteiger partial charge in [-0.3, -0.25) is 0 Å².